The lowest BCUT2D eigenvalue weighted by molar-refractivity contribution is 0.125. The first-order valence-electron chi connectivity index (χ1n) is 6.10. The first-order valence-corrected chi connectivity index (χ1v) is 6.10. The van der Waals surface area contributed by atoms with E-state index in [2.05, 4.69) is 14.9 Å². The Labute approximate surface area is 102 Å². The number of hydrogen-bond acceptors (Lipinski definition) is 5. The minimum atomic E-state index is 0.307. The van der Waals surface area contributed by atoms with Crippen LogP contribution in [0.15, 0.2) is 6.07 Å². The third-order valence-corrected chi connectivity index (χ3v) is 3.25. The van der Waals surface area contributed by atoms with Crippen molar-refractivity contribution in [2.24, 2.45) is 5.92 Å². The van der Waals surface area contributed by atoms with Gasteiger partial charge in [0.2, 0.25) is 0 Å². The maximum atomic E-state index is 9.08. The lowest BCUT2D eigenvalue weighted by atomic mass is 9.98. The summed E-state index contributed by atoms with van der Waals surface area (Å²) in [4.78, 5) is 10.9. The van der Waals surface area contributed by atoms with Crippen LogP contribution >= 0.6 is 0 Å². The number of rotatable bonds is 3. The predicted octanol–water partition coefficient (Wildman–Crippen LogP) is 0.572. The molecule has 0 bridgehead atoms. The minimum absolute atomic E-state index is 0.307. The van der Waals surface area contributed by atoms with E-state index < -0.39 is 0 Å². The van der Waals surface area contributed by atoms with Crippen molar-refractivity contribution in [3.63, 3.8) is 0 Å². The highest BCUT2D eigenvalue weighted by atomic mass is 16.3. The molecule has 2 rings (SSSR count). The largest absolute Gasteiger partial charge is 0.396 e. The number of nitrogen functional groups attached to an aromatic ring is 1. The number of aliphatic hydroxyl groups excluding tert-OH is 1. The van der Waals surface area contributed by atoms with Crippen LogP contribution in [0.5, 0.6) is 0 Å². The Bertz CT molecular complexity index is 355. The van der Waals surface area contributed by atoms with Gasteiger partial charge in [0.1, 0.15) is 11.6 Å². The molecule has 1 aromatic rings. The zero-order valence-electron chi connectivity index (χ0n) is 10.3. The molecule has 5 nitrogen and oxygen atoms in total. The van der Waals surface area contributed by atoms with Crippen LogP contribution in [0.4, 0.5) is 5.82 Å². The van der Waals surface area contributed by atoms with Gasteiger partial charge in [-0.15, -0.1) is 0 Å². The number of nitrogens with zero attached hydrogens (tertiary/aromatic N) is 3. The van der Waals surface area contributed by atoms with Gasteiger partial charge in [0.15, 0.2) is 0 Å². The van der Waals surface area contributed by atoms with E-state index in [9.17, 15) is 0 Å². The highest BCUT2D eigenvalue weighted by Crippen LogP contribution is 2.17. The zero-order chi connectivity index (χ0) is 12.3. The fourth-order valence-electron chi connectivity index (χ4n) is 2.25. The van der Waals surface area contributed by atoms with E-state index in [1.165, 1.54) is 0 Å². The fraction of sp³-hybridized carbons (Fsp3) is 0.667. The average Bonchev–Trinajstić information content (AvgIpc) is 2.28. The van der Waals surface area contributed by atoms with Crippen LogP contribution in [0.1, 0.15) is 24.4 Å². The quantitative estimate of drug-likeness (QED) is 0.802. The van der Waals surface area contributed by atoms with Crippen molar-refractivity contribution in [1.29, 1.82) is 0 Å². The summed E-state index contributed by atoms with van der Waals surface area (Å²) in [6, 6.07) is 1.78. The van der Waals surface area contributed by atoms with Crippen molar-refractivity contribution >= 4 is 5.82 Å². The van der Waals surface area contributed by atoms with Gasteiger partial charge in [0, 0.05) is 18.4 Å². The molecule has 0 spiro atoms. The number of hydrogen-bond donors (Lipinski definition) is 2. The molecule has 1 aliphatic rings. The highest BCUT2D eigenvalue weighted by molar-refractivity contribution is 5.29. The second kappa shape index (κ2) is 5.42. The molecule has 1 aromatic heterocycles. The van der Waals surface area contributed by atoms with E-state index in [1.54, 1.807) is 6.07 Å². The predicted molar refractivity (Wildman–Crippen MR) is 66.3 cm³/mol. The summed E-state index contributed by atoms with van der Waals surface area (Å²) in [6.45, 7) is 5.00. The molecule has 0 radical (unpaired) electrons. The average molecular weight is 236 g/mol. The van der Waals surface area contributed by atoms with Crippen molar-refractivity contribution in [2.45, 2.75) is 26.3 Å². The minimum Gasteiger partial charge on any atom is -0.396 e. The van der Waals surface area contributed by atoms with Crippen molar-refractivity contribution in [2.75, 3.05) is 25.4 Å². The number of aromatic nitrogens is 2. The first kappa shape index (κ1) is 12.3. The second-order valence-corrected chi connectivity index (χ2v) is 4.75. The Hall–Kier alpha value is -1.20. The van der Waals surface area contributed by atoms with Crippen LogP contribution in [0, 0.1) is 12.8 Å². The molecular formula is C12H20N4O. The molecule has 5 heteroatoms. The summed E-state index contributed by atoms with van der Waals surface area (Å²) >= 11 is 0. The summed E-state index contributed by atoms with van der Waals surface area (Å²) in [5, 5.41) is 9.08. The number of aliphatic hydroxyl groups is 1. The van der Waals surface area contributed by atoms with Crippen molar-refractivity contribution in [3.05, 3.63) is 17.6 Å². The van der Waals surface area contributed by atoms with E-state index in [-0.39, 0.29) is 0 Å². The monoisotopic (exact) mass is 236 g/mol. The molecule has 0 aliphatic carbocycles. The van der Waals surface area contributed by atoms with Gasteiger partial charge in [0.05, 0.1) is 6.54 Å². The van der Waals surface area contributed by atoms with E-state index in [0.29, 0.717) is 18.3 Å². The van der Waals surface area contributed by atoms with Crippen LogP contribution in [-0.4, -0.2) is 39.7 Å². The molecule has 0 saturated carbocycles. The standard InChI is InChI=1S/C12H20N4O/c1-9-6-11(13)15-12(14-9)7-16-4-2-10(8-17)3-5-16/h6,10,17H,2-5,7-8H2,1H3,(H2,13,14,15). The topological polar surface area (TPSA) is 75.3 Å². The molecule has 17 heavy (non-hydrogen) atoms. The SMILES string of the molecule is Cc1cc(N)nc(CN2CCC(CO)CC2)n1. The molecule has 3 N–H and O–H groups in total. The Morgan fingerprint density at radius 2 is 2.12 bits per heavy atom. The first-order chi connectivity index (χ1) is 8.17. The highest BCUT2D eigenvalue weighted by Gasteiger charge is 2.19. The van der Waals surface area contributed by atoms with Gasteiger partial charge in [-0.25, -0.2) is 9.97 Å². The van der Waals surface area contributed by atoms with Gasteiger partial charge < -0.3 is 10.8 Å². The smallest absolute Gasteiger partial charge is 0.144 e. The van der Waals surface area contributed by atoms with Crippen LogP contribution in [0.2, 0.25) is 0 Å². The van der Waals surface area contributed by atoms with E-state index >= 15 is 0 Å². The number of piperidine rings is 1. The molecule has 2 heterocycles. The molecule has 0 atom stereocenters. The van der Waals surface area contributed by atoms with Crippen LogP contribution < -0.4 is 5.73 Å². The van der Waals surface area contributed by atoms with E-state index in [4.69, 9.17) is 10.8 Å². The van der Waals surface area contributed by atoms with Gasteiger partial charge in [-0.3, -0.25) is 4.90 Å². The Balaban J connectivity index is 1.93. The summed E-state index contributed by atoms with van der Waals surface area (Å²) < 4.78 is 0. The fourth-order valence-corrected chi connectivity index (χ4v) is 2.25. The van der Waals surface area contributed by atoms with Gasteiger partial charge in [-0.2, -0.15) is 0 Å². The third-order valence-electron chi connectivity index (χ3n) is 3.25. The molecule has 0 amide bonds. The molecular weight excluding hydrogens is 216 g/mol. The molecule has 1 saturated heterocycles. The molecule has 0 unspecified atom stereocenters. The lowest BCUT2D eigenvalue weighted by Gasteiger charge is -2.30. The normalized spacial score (nSPS) is 18.5. The van der Waals surface area contributed by atoms with Gasteiger partial charge in [-0.1, -0.05) is 0 Å². The maximum absolute atomic E-state index is 9.08. The summed E-state index contributed by atoms with van der Waals surface area (Å²) in [6.07, 6.45) is 2.11. The molecule has 1 fully saturated rings. The van der Waals surface area contributed by atoms with Crippen molar-refractivity contribution in [3.8, 4) is 0 Å². The van der Waals surface area contributed by atoms with Crippen LogP contribution in [-0.2, 0) is 6.54 Å². The van der Waals surface area contributed by atoms with E-state index in [0.717, 1.165) is 44.0 Å². The zero-order valence-corrected chi connectivity index (χ0v) is 10.3. The number of likely N-dealkylation sites (tertiary alicyclic amines) is 1. The Morgan fingerprint density at radius 3 is 2.71 bits per heavy atom. The summed E-state index contributed by atoms with van der Waals surface area (Å²) in [7, 11) is 0. The number of nitrogens with two attached hydrogens (primary N) is 1. The third kappa shape index (κ3) is 3.38. The Morgan fingerprint density at radius 1 is 1.41 bits per heavy atom. The second-order valence-electron chi connectivity index (χ2n) is 4.75. The Kier molecular flexibility index (Phi) is 3.91. The molecule has 0 aromatic carbocycles. The van der Waals surface area contributed by atoms with Crippen molar-refractivity contribution < 1.29 is 5.11 Å². The van der Waals surface area contributed by atoms with Crippen LogP contribution in [0.3, 0.4) is 0 Å². The van der Waals surface area contributed by atoms with Gasteiger partial charge in [0.25, 0.3) is 0 Å². The van der Waals surface area contributed by atoms with E-state index in [1.807, 2.05) is 6.92 Å². The van der Waals surface area contributed by atoms with Gasteiger partial charge in [-0.05, 0) is 38.8 Å². The van der Waals surface area contributed by atoms with Crippen molar-refractivity contribution in [1.82, 2.24) is 14.9 Å². The molecule has 94 valence electrons. The van der Waals surface area contributed by atoms with Gasteiger partial charge >= 0.3 is 0 Å². The summed E-state index contributed by atoms with van der Waals surface area (Å²) in [5.74, 6) is 1.80. The number of anilines is 1. The molecule has 1 aliphatic heterocycles. The van der Waals surface area contributed by atoms with Crippen LogP contribution in [0.25, 0.3) is 0 Å². The number of aryl methyl sites for hydroxylation is 1. The maximum Gasteiger partial charge on any atom is 0.144 e. The summed E-state index contributed by atoms with van der Waals surface area (Å²) in [5.41, 5.74) is 6.62. The lowest BCUT2D eigenvalue weighted by Crippen LogP contribution is -2.34.